The number of thiophene rings is 1. The van der Waals surface area contributed by atoms with Gasteiger partial charge in [0.25, 0.3) is 0 Å². The number of piperidine rings is 1. The fraction of sp³-hybridized carbons (Fsp3) is 0.556. The zero-order chi connectivity index (χ0) is 9.10. The van der Waals surface area contributed by atoms with Crippen molar-refractivity contribution in [3.63, 3.8) is 0 Å². The molecule has 0 amide bonds. The molecule has 0 saturated carbocycles. The highest BCUT2D eigenvalue weighted by Gasteiger charge is 2.11. The second-order valence-electron chi connectivity index (χ2n) is 3.14. The molecule has 0 atom stereocenters. The van der Waals surface area contributed by atoms with Crippen molar-refractivity contribution in [3.8, 4) is 0 Å². The summed E-state index contributed by atoms with van der Waals surface area (Å²) in [6.45, 7) is 2.50. The quantitative estimate of drug-likeness (QED) is 0.752. The van der Waals surface area contributed by atoms with Crippen LogP contribution in [0, 0.1) is 0 Å². The molecule has 72 valence electrons. The van der Waals surface area contributed by atoms with Crippen LogP contribution in [0.5, 0.6) is 0 Å². The van der Waals surface area contributed by atoms with Gasteiger partial charge >= 0.3 is 0 Å². The number of hydrogen-bond acceptors (Lipinski definition) is 3. The first-order valence-corrected chi connectivity index (χ1v) is 6.91. The average Bonchev–Trinajstić information content (AvgIpc) is 2.53. The van der Waals surface area contributed by atoms with Crippen LogP contribution in [-0.2, 0) is 0 Å². The normalized spacial score (nSPS) is 19.2. The van der Waals surface area contributed by atoms with Crippen molar-refractivity contribution in [2.24, 2.45) is 0 Å². The van der Waals surface area contributed by atoms with Gasteiger partial charge in [0, 0.05) is 13.1 Å². The van der Waals surface area contributed by atoms with Gasteiger partial charge < -0.3 is 0 Å². The van der Waals surface area contributed by atoms with Crippen molar-refractivity contribution in [2.45, 2.75) is 23.5 Å². The van der Waals surface area contributed by atoms with Crippen molar-refractivity contribution in [1.29, 1.82) is 0 Å². The SMILES string of the molecule is Brc1ccc(SN2CCCCC2)s1. The summed E-state index contributed by atoms with van der Waals surface area (Å²) in [5.74, 6) is 0. The van der Waals surface area contributed by atoms with Gasteiger partial charge in [0.15, 0.2) is 0 Å². The molecule has 1 aliphatic heterocycles. The molecule has 1 fully saturated rings. The second-order valence-corrected chi connectivity index (χ2v) is 7.00. The Bertz CT molecular complexity index is 268. The van der Waals surface area contributed by atoms with E-state index in [1.165, 1.54) is 40.3 Å². The third kappa shape index (κ3) is 2.98. The van der Waals surface area contributed by atoms with Crippen LogP contribution in [0.1, 0.15) is 19.3 Å². The Morgan fingerprint density at radius 3 is 2.62 bits per heavy atom. The minimum absolute atomic E-state index is 1.23. The maximum Gasteiger partial charge on any atom is 0.0765 e. The molecule has 1 aromatic rings. The number of hydrogen-bond donors (Lipinski definition) is 0. The summed E-state index contributed by atoms with van der Waals surface area (Å²) in [5.41, 5.74) is 0. The zero-order valence-electron chi connectivity index (χ0n) is 7.33. The Morgan fingerprint density at radius 2 is 2.00 bits per heavy atom. The molecule has 1 aromatic heterocycles. The largest absolute Gasteiger partial charge is 0.246 e. The summed E-state index contributed by atoms with van der Waals surface area (Å²) in [6, 6.07) is 4.31. The first-order valence-electron chi connectivity index (χ1n) is 4.53. The molecular weight excluding hydrogens is 266 g/mol. The molecular formula is C9H12BrNS2. The van der Waals surface area contributed by atoms with Crippen LogP contribution >= 0.6 is 39.2 Å². The van der Waals surface area contributed by atoms with Crippen LogP contribution in [0.15, 0.2) is 20.1 Å². The third-order valence-electron chi connectivity index (χ3n) is 2.08. The summed E-state index contributed by atoms with van der Waals surface area (Å²) < 4.78 is 5.10. The van der Waals surface area contributed by atoms with E-state index in [2.05, 4.69) is 32.4 Å². The standard InChI is InChI=1S/C9H12BrNS2/c10-8-4-5-9(12-8)13-11-6-2-1-3-7-11/h4-5H,1-3,6-7H2. The topological polar surface area (TPSA) is 3.24 Å². The van der Waals surface area contributed by atoms with Crippen LogP contribution in [0.25, 0.3) is 0 Å². The van der Waals surface area contributed by atoms with E-state index in [1.807, 2.05) is 23.3 Å². The molecule has 4 heteroatoms. The summed E-state index contributed by atoms with van der Waals surface area (Å²) in [4.78, 5) is 0. The molecule has 1 saturated heterocycles. The molecule has 1 aliphatic rings. The molecule has 0 N–H and O–H groups in total. The highest BCUT2D eigenvalue weighted by atomic mass is 79.9. The van der Waals surface area contributed by atoms with Crippen molar-refractivity contribution in [1.82, 2.24) is 4.31 Å². The van der Waals surface area contributed by atoms with E-state index in [-0.39, 0.29) is 0 Å². The van der Waals surface area contributed by atoms with Crippen molar-refractivity contribution in [2.75, 3.05) is 13.1 Å². The van der Waals surface area contributed by atoms with Crippen molar-refractivity contribution < 1.29 is 0 Å². The summed E-state index contributed by atoms with van der Waals surface area (Å²) >= 11 is 7.21. The van der Waals surface area contributed by atoms with Gasteiger partial charge in [0.1, 0.15) is 0 Å². The van der Waals surface area contributed by atoms with Crippen LogP contribution in [0.4, 0.5) is 0 Å². The maximum atomic E-state index is 3.48. The van der Waals surface area contributed by atoms with Gasteiger partial charge in [-0.2, -0.15) is 0 Å². The molecule has 0 aliphatic carbocycles. The Balaban J connectivity index is 1.89. The van der Waals surface area contributed by atoms with Gasteiger partial charge in [-0.05, 0) is 52.9 Å². The first-order chi connectivity index (χ1) is 6.34. The molecule has 2 heterocycles. The van der Waals surface area contributed by atoms with E-state index in [0.29, 0.717) is 0 Å². The molecule has 13 heavy (non-hydrogen) atoms. The van der Waals surface area contributed by atoms with Crippen LogP contribution < -0.4 is 0 Å². The molecule has 2 rings (SSSR count). The van der Waals surface area contributed by atoms with Gasteiger partial charge in [-0.1, -0.05) is 6.42 Å². The lowest BCUT2D eigenvalue weighted by Crippen LogP contribution is -2.22. The molecule has 0 radical (unpaired) electrons. The Hall–Kier alpha value is 0.490. The maximum absolute atomic E-state index is 3.48. The van der Waals surface area contributed by atoms with Crippen molar-refractivity contribution in [3.05, 3.63) is 15.9 Å². The smallest absolute Gasteiger partial charge is 0.0765 e. The molecule has 0 spiro atoms. The Kier molecular flexibility index (Phi) is 3.72. The van der Waals surface area contributed by atoms with E-state index in [4.69, 9.17) is 0 Å². The van der Waals surface area contributed by atoms with E-state index in [1.54, 1.807) is 0 Å². The first kappa shape index (κ1) is 10.0. The van der Waals surface area contributed by atoms with Crippen LogP contribution in [-0.4, -0.2) is 17.4 Å². The van der Waals surface area contributed by atoms with E-state index in [0.717, 1.165) is 0 Å². The van der Waals surface area contributed by atoms with E-state index >= 15 is 0 Å². The van der Waals surface area contributed by atoms with Gasteiger partial charge in [-0.3, -0.25) is 0 Å². The average molecular weight is 278 g/mol. The highest BCUT2D eigenvalue weighted by molar-refractivity contribution is 9.11. The number of halogens is 1. The van der Waals surface area contributed by atoms with E-state index in [9.17, 15) is 0 Å². The second kappa shape index (κ2) is 4.82. The minimum atomic E-state index is 1.23. The molecule has 0 unspecified atom stereocenters. The van der Waals surface area contributed by atoms with Gasteiger partial charge in [0.2, 0.25) is 0 Å². The van der Waals surface area contributed by atoms with E-state index < -0.39 is 0 Å². The summed E-state index contributed by atoms with van der Waals surface area (Å²) in [5, 5.41) is 0. The zero-order valence-corrected chi connectivity index (χ0v) is 10.6. The molecule has 0 aromatic carbocycles. The highest BCUT2D eigenvalue weighted by Crippen LogP contribution is 2.33. The number of rotatable bonds is 2. The fourth-order valence-corrected chi connectivity index (χ4v) is 4.43. The fourth-order valence-electron chi connectivity index (χ4n) is 1.43. The summed E-state index contributed by atoms with van der Waals surface area (Å²) in [6.07, 6.45) is 4.13. The Labute approximate surface area is 95.8 Å². The summed E-state index contributed by atoms with van der Waals surface area (Å²) in [7, 11) is 0. The minimum Gasteiger partial charge on any atom is -0.246 e. The lowest BCUT2D eigenvalue weighted by molar-refractivity contribution is 0.381. The Morgan fingerprint density at radius 1 is 1.23 bits per heavy atom. The predicted molar refractivity (Wildman–Crippen MR) is 63.3 cm³/mol. The van der Waals surface area contributed by atoms with Gasteiger partial charge in [0.05, 0.1) is 8.00 Å². The van der Waals surface area contributed by atoms with Gasteiger partial charge in [-0.15, -0.1) is 11.3 Å². The molecule has 0 bridgehead atoms. The molecule has 1 nitrogen and oxygen atoms in total. The monoisotopic (exact) mass is 277 g/mol. The lowest BCUT2D eigenvalue weighted by Gasteiger charge is -2.24. The van der Waals surface area contributed by atoms with Crippen molar-refractivity contribution >= 4 is 39.2 Å². The predicted octanol–water partition coefficient (Wildman–Crippen LogP) is 4.00. The van der Waals surface area contributed by atoms with Gasteiger partial charge in [-0.25, -0.2) is 4.31 Å². The van der Waals surface area contributed by atoms with Crippen LogP contribution in [0.2, 0.25) is 0 Å². The third-order valence-corrected chi connectivity index (χ3v) is 4.91. The van der Waals surface area contributed by atoms with Crippen LogP contribution in [0.3, 0.4) is 0 Å². The number of nitrogens with zero attached hydrogens (tertiary/aromatic N) is 1. The lowest BCUT2D eigenvalue weighted by atomic mass is 10.2.